The van der Waals surface area contributed by atoms with Crippen molar-refractivity contribution in [3.63, 3.8) is 0 Å². The van der Waals surface area contributed by atoms with Gasteiger partial charge in [0.15, 0.2) is 0 Å². The van der Waals surface area contributed by atoms with Gasteiger partial charge in [-0.05, 0) is 32.9 Å². The monoisotopic (exact) mass is 365 g/mol. The van der Waals surface area contributed by atoms with Crippen molar-refractivity contribution in [3.05, 3.63) is 28.2 Å². The normalized spacial score (nSPS) is 20.4. The summed E-state index contributed by atoms with van der Waals surface area (Å²) in [5.41, 5.74) is -1.50. The number of ether oxygens (including phenoxy) is 1. The quantitative estimate of drug-likeness (QED) is 0.829. The van der Waals surface area contributed by atoms with Crippen molar-refractivity contribution in [2.75, 3.05) is 11.9 Å². The molecule has 22 heavy (non-hydrogen) atoms. The predicted molar refractivity (Wildman–Crippen MR) is 84.2 cm³/mol. The molecule has 0 saturated heterocycles. The van der Waals surface area contributed by atoms with Gasteiger partial charge in [0.1, 0.15) is 11.7 Å². The van der Waals surface area contributed by atoms with Crippen LogP contribution in [0.4, 0.5) is 10.5 Å². The van der Waals surface area contributed by atoms with Crippen molar-refractivity contribution in [2.24, 2.45) is 0 Å². The summed E-state index contributed by atoms with van der Waals surface area (Å²) in [5, 5.41) is 12.0. The fourth-order valence-corrected chi connectivity index (χ4v) is 2.64. The number of alkyl carbamates (subject to hydrolysis) is 1. The SMILES string of the molecule is CN1C(=O)[C@@](C#N)(NC(=O)OC(C)(C)C)c2ccc(Br)cc21. The highest BCUT2D eigenvalue weighted by atomic mass is 79.9. The van der Waals surface area contributed by atoms with E-state index in [4.69, 9.17) is 4.74 Å². The summed E-state index contributed by atoms with van der Waals surface area (Å²) < 4.78 is 5.94. The highest BCUT2D eigenvalue weighted by molar-refractivity contribution is 9.10. The Bertz CT molecular complexity index is 690. The molecule has 1 heterocycles. The molecule has 1 aromatic carbocycles. The first-order valence-corrected chi connectivity index (χ1v) is 7.40. The number of nitriles is 1. The van der Waals surface area contributed by atoms with Crippen molar-refractivity contribution >= 4 is 33.6 Å². The second kappa shape index (κ2) is 5.29. The number of carbonyl (C=O) groups is 2. The third-order valence-electron chi connectivity index (χ3n) is 3.21. The minimum Gasteiger partial charge on any atom is -0.444 e. The van der Waals surface area contributed by atoms with Gasteiger partial charge in [0.2, 0.25) is 5.54 Å². The van der Waals surface area contributed by atoms with E-state index in [-0.39, 0.29) is 0 Å². The Hall–Kier alpha value is -2.07. The Morgan fingerprint density at radius 2 is 2.09 bits per heavy atom. The molecule has 0 bridgehead atoms. The molecular weight excluding hydrogens is 350 g/mol. The Balaban J connectivity index is 2.45. The van der Waals surface area contributed by atoms with Crippen LogP contribution in [0.25, 0.3) is 0 Å². The topological polar surface area (TPSA) is 82.4 Å². The second-order valence-corrected chi connectivity index (χ2v) is 6.93. The van der Waals surface area contributed by atoms with Crippen LogP contribution in [0.15, 0.2) is 22.7 Å². The highest BCUT2D eigenvalue weighted by Gasteiger charge is 2.52. The number of rotatable bonds is 1. The van der Waals surface area contributed by atoms with Gasteiger partial charge in [-0.15, -0.1) is 0 Å². The lowest BCUT2D eigenvalue weighted by atomic mass is 9.93. The number of fused-ring (bicyclic) bond motifs is 1. The van der Waals surface area contributed by atoms with Crippen molar-refractivity contribution in [3.8, 4) is 6.07 Å². The van der Waals surface area contributed by atoms with E-state index in [0.29, 0.717) is 11.3 Å². The molecule has 0 aliphatic carbocycles. The minimum absolute atomic E-state index is 0.427. The maximum absolute atomic E-state index is 12.5. The van der Waals surface area contributed by atoms with E-state index in [2.05, 4.69) is 21.2 Å². The Kier molecular flexibility index (Phi) is 3.92. The van der Waals surface area contributed by atoms with Crippen molar-refractivity contribution in [2.45, 2.75) is 31.9 Å². The van der Waals surface area contributed by atoms with Crippen molar-refractivity contribution in [1.82, 2.24) is 5.32 Å². The van der Waals surface area contributed by atoms with Crippen LogP contribution < -0.4 is 10.2 Å². The van der Waals surface area contributed by atoms with Gasteiger partial charge in [-0.2, -0.15) is 5.26 Å². The maximum atomic E-state index is 12.5. The zero-order valence-corrected chi connectivity index (χ0v) is 14.3. The number of benzene rings is 1. The molecule has 0 aromatic heterocycles. The molecule has 1 aliphatic rings. The number of hydrogen-bond acceptors (Lipinski definition) is 4. The van der Waals surface area contributed by atoms with Crippen LogP contribution in [0.2, 0.25) is 0 Å². The molecule has 0 spiro atoms. The van der Waals surface area contributed by atoms with Gasteiger partial charge >= 0.3 is 6.09 Å². The molecule has 2 amide bonds. The van der Waals surface area contributed by atoms with Crippen LogP contribution in [0.5, 0.6) is 0 Å². The van der Waals surface area contributed by atoms with Gasteiger partial charge in [-0.1, -0.05) is 22.0 Å². The summed E-state index contributed by atoms with van der Waals surface area (Å²) in [4.78, 5) is 25.9. The molecule has 2 rings (SSSR count). The predicted octanol–water partition coefficient (Wildman–Crippen LogP) is 2.67. The van der Waals surface area contributed by atoms with Crippen LogP contribution in [0.3, 0.4) is 0 Å². The summed E-state index contributed by atoms with van der Waals surface area (Å²) >= 11 is 3.33. The molecule has 116 valence electrons. The summed E-state index contributed by atoms with van der Waals surface area (Å²) in [6, 6.07) is 7.01. The number of anilines is 1. The van der Waals surface area contributed by atoms with Crippen LogP contribution >= 0.6 is 15.9 Å². The van der Waals surface area contributed by atoms with Gasteiger partial charge in [-0.25, -0.2) is 4.79 Å². The Morgan fingerprint density at radius 3 is 2.64 bits per heavy atom. The van der Waals surface area contributed by atoms with E-state index in [1.54, 1.807) is 46.0 Å². The molecule has 6 nitrogen and oxygen atoms in total. The first-order valence-electron chi connectivity index (χ1n) is 6.61. The van der Waals surface area contributed by atoms with E-state index < -0.39 is 23.1 Å². The molecule has 7 heteroatoms. The number of amides is 2. The molecule has 0 unspecified atom stereocenters. The summed E-state index contributed by atoms with van der Waals surface area (Å²) in [7, 11) is 1.56. The summed E-state index contributed by atoms with van der Waals surface area (Å²) in [5.74, 6) is -0.519. The molecule has 1 N–H and O–H groups in total. The average molecular weight is 366 g/mol. The van der Waals surface area contributed by atoms with Gasteiger partial charge in [0.25, 0.3) is 5.91 Å². The fraction of sp³-hybridized carbons (Fsp3) is 0.400. The molecular formula is C15H16BrN3O3. The number of nitrogens with one attached hydrogen (secondary N) is 1. The molecule has 1 aromatic rings. The number of hydrogen-bond donors (Lipinski definition) is 1. The van der Waals surface area contributed by atoms with Crippen molar-refractivity contribution < 1.29 is 14.3 Å². The second-order valence-electron chi connectivity index (χ2n) is 6.01. The lowest BCUT2D eigenvalue weighted by Crippen LogP contribution is -2.52. The van der Waals surface area contributed by atoms with Crippen LogP contribution in [0.1, 0.15) is 26.3 Å². The number of nitrogens with zero attached hydrogens (tertiary/aromatic N) is 2. The lowest BCUT2D eigenvalue weighted by Gasteiger charge is -2.25. The molecule has 0 radical (unpaired) electrons. The summed E-state index contributed by atoms with van der Waals surface area (Å²) in [6.45, 7) is 5.12. The van der Waals surface area contributed by atoms with Gasteiger partial charge < -0.3 is 9.64 Å². The smallest absolute Gasteiger partial charge is 0.409 e. The van der Waals surface area contributed by atoms with E-state index >= 15 is 0 Å². The zero-order valence-electron chi connectivity index (χ0n) is 12.7. The molecule has 1 atom stereocenters. The van der Waals surface area contributed by atoms with Crippen LogP contribution in [0, 0.1) is 11.3 Å². The first kappa shape index (κ1) is 16.3. The molecule has 0 fully saturated rings. The highest BCUT2D eigenvalue weighted by Crippen LogP contribution is 2.40. The standard InChI is InChI=1S/C15H16BrN3O3/c1-14(2,3)22-13(21)18-15(8-17)10-6-5-9(16)7-11(10)19(4)12(15)20/h5-7H,1-4H3,(H,18,21)/t15-/m0/s1. The van der Waals surface area contributed by atoms with E-state index in [0.717, 1.165) is 4.47 Å². The zero-order chi connectivity index (χ0) is 16.7. The van der Waals surface area contributed by atoms with Crippen LogP contribution in [-0.4, -0.2) is 24.6 Å². The van der Waals surface area contributed by atoms with E-state index in [1.807, 2.05) is 6.07 Å². The number of carbonyl (C=O) groups excluding carboxylic acids is 2. The first-order chi connectivity index (χ1) is 10.1. The summed E-state index contributed by atoms with van der Waals surface area (Å²) in [6.07, 6.45) is -0.813. The minimum atomic E-state index is -1.77. The van der Waals surface area contributed by atoms with E-state index in [1.165, 1.54) is 4.90 Å². The van der Waals surface area contributed by atoms with Crippen LogP contribution in [-0.2, 0) is 15.1 Å². The third-order valence-corrected chi connectivity index (χ3v) is 3.70. The van der Waals surface area contributed by atoms with E-state index in [9.17, 15) is 14.9 Å². The van der Waals surface area contributed by atoms with Gasteiger partial charge in [0, 0.05) is 17.1 Å². The van der Waals surface area contributed by atoms with Crippen molar-refractivity contribution in [1.29, 1.82) is 5.26 Å². The Labute approximate surface area is 137 Å². The van der Waals surface area contributed by atoms with Gasteiger partial charge in [-0.3, -0.25) is 10.1 Å². The average Bonchev–Trinajstić information content (AvgIpc) is 2.59. The Morgan fingerprint density at radius 1 is 1.45 bits per heavy atom. The molecule has 0 saturated carbocycles. The number of halogens is 1. The van der Waals surface area contributed by atoms with Gasteiger partial charge in [0.05, 0.1) is 5.69 Å². The number of likely N-dealkylation sites (N-methyl/N-ethyl adjacent to an activating group) is 1. The fourth-order valence-electron chi connectivity index (χ4n) is 2.29. The lowest BCUT2D eigenvalue weighted by molar-refractivity contribution is -0.122. The third kappa shape index (κ3) is 2.66. The largest absolute Gasteiger partial charge is 0.444 e. The maximum Gasteiger partial charge on any atom is 0.409 e. The molecule has 1 aliphatic heterocycles.